The highest BCUT2D eigenvalue weighted by molar-refractivity contribution is 7.99. The minimum Gasteiger partial charge on any atom is -0.301 e. The monoisotopic (exact) mass is 407 g/mol. The molecule has 27 heavy (non-hydrogen) atoms. The minimum atomic E-state index is -0.310. The smallest absolute Gasteiger partial charge is 0.301 e. The first-order chi connectivity index (χ1) is 13.1. The topological polar surface area (TPSA) is 92.7 Å². The summed E-state index contributed by atoms with van der Waals surface area (Å²) in [6.07, 6.45) is 1.83. The highest BCUT2D eigenvalue weighted by atomic mass is 32.2. The van der Waals surface area contributed by atoms with Crippen molar-refractivity contribution in [1.82, 2.24) is 19.7 Å². The first-order valence-corrected chi connectivity index (χ1v) is 10.2. The molecule has 0 radical (unpaired) electrons. The first kappa shape index (κ1) is 19.3. The molecule has 1 amide bonds. The van der Waals surface area contributed by atoms with Crippen molar-refractivity contribution in [3.05, 3.63) is 45.9 Å². The van der Waals surface area contributed by atoms with E-state index >= 15 is 0 Å². The number of thioether (sulfide) groups is 1. The Morgan fingerprint density at radius 3 is 2.89 bits per heavy atom. The molecule has 2 aromatic heterocycles. The molecular weight excluding hydrogens is 389 g/mol. The van der Waals surface area contributed by atoms with E-state index in [-0.39, 0.29) is 23.2 Å². The Labute approximate surface area is 163 Å². The van der Waals surface area contributed by atoms with Gasteiger partial charge in [-0.1, -0.05) is 25.1 Å². The summed E-state index contributed by atoms with van der Waals surface area (Å²) < 4.78 is 14.5. The number of halogens is 1. The lowest BCUT2D eigenvalue weighted by atomic mass is 10.2. The van der Waals surface area contributed by atoms with Gasteiger partial charge in [0.05, 0.1) is 11.4 Å². The normalized spacial score (nSPS) is 10.9. The van der Waals surface area contributed by atoms with E-state index in [2.05, 4.69) is 20.5 Å². The molecule has 0 atom stereocenters. The van der Waals surface area contributed by atoms with Gasteiger partial charge in [-0.15, -0.1) is 16.4 Å². The number of nitrogens with zero attached hydrogens (tertiary/aromatic N) is 3. The maximum atomic E-state index is 13.0. The molecule has 0 spiro atoms. The van der Waals surface area contributed by atoms with E-state index in [0.29, 0.717) is 22.5 Å². The zero-order valence-electron chi connectivity index (χ0n) is 14.6. The molecular formula is C17H18FN5O2S2. The maximum absolute atomic E-state index is 13.0. The molecule has 3 rings (SSSR count). The predicted octanol–water partition coefficient (Wildman–Crippen LogP) is 3.36. The number of nitrogens with one attached hydrogen (secondary N) is 2. The number of carbonyl (C=O) groups excluding carboxylic acids is 1. The van der Waals surface area contributed by atoms with Crippen molar-refractivity contribution in [2.45, 2.75) is 31.5 Å². The second kappa shape index (κ2) is 8.96. The largest absolute Gasteiger partial charge is 0.343 e. The van der Waals surface area contributed by atoms with E-state index in [1.165, 1.54) is 39.8 Å². The lowest BCUT2D eigenvalue weighted by molar-refractivity contribution is -0.113. The van der Waals surface area contributed by atoms with Crippen LogP contribution in [-0.2, 0) is 11.3 Å². The summed E-state index contributed by atoms with van der Waals surface area (Å²) in [6.45, 7) is 2.61. The van der Waals surface area contributed by atoms with E-state index in [9.17, 15) is 14.0 Å². The van der Waals surface area contributed by atoms with Crippen LogP contribution < -0.4 is 11.0 Å². The number of benzene rings is 1. The van der Waals surface area contributed by atoms with E-state index in [1.54, 1.807) is 17.5 Å². The van der Waals surface area contributed by atoms with Crippen LogP contribution in [0.3, 0.4) is 0 Å². The van der Waals surface area contributed by atoms with Crippen LogP contribution in [0.15, 0.2) is 39.6 Å². The van der Waals surface area contributed by atoms with Gasteiger partial charge in [0.1, 0.15) is 5.82 Å². The summed E-state index contributed by atoms with van der Waals surface area (Å²) in [5.41, 5.74) is 1.18. The lowest BCUT2D eigenvalue weighted by Crippen LogP contribution is -2.19. The van der Waals surface area contributed by atoms with Gasteiger partial charge in [-0.05, 0) is 30.7 Å². The summed E-state index contributed by atoms with van der Waals surface area (Å²) in [7, 11) is 0. The number of thiazole rings is 1. The predicted molar refractivity (Wildman–Crippen MR) is 105 cm³/mol. The van der Waals surface area contributed by atoms with E-state index in [0.717, 1.165) is 18.4 Å². The van der Waals surface area contributed by atoms with Crippen molar-refractivity contribution < 1.29 is 9.18 Å². The summed E-state index contributed by atoms with van der Waals surface area (Å²) in [5.74, 6) is -0.435. The molecule has 3 aromatic rings. The van der Waals surface area contributed by atoms with Gasteiger partial charge < -0.3 is 5.32 Å². The third-order valence-electron chi connectivity index (χ3n) is 3.68. The summed E-state index contributed by atoms with van der Waals surface area (Å²) in [5, 5.41) is 11.9. The highest BCUT2D eigenvalue weighted by Crippen LogP contribution is 2.25. The van der Waals surface area contributed by atoms with Crippen molar-refractivity contribution >= 4 is 34.1 Å². The third-order valence-corrected chi connectivity index (χ3v) is 5.42. The Hall–Kier alpha value is -2.46. The minimum absolute atomic E-state index is 0.113. The van der Waals surface area contributed by atoms with Gasteiger partial charge in [-0.25, -0.2) is 19.3 Å². The number of unbranched alkanes of at least 4 members (excludes halogenated alkanes) is 1. The Kier molecular flexibility index (Phi) is 6.40. The first-order valence-electron chi connectivity index (χ1n) is 8.36. The second-order valence-electron chi connectivity index (χ2n) is 5.70. The van der Waals surface area contributed by atoms with Crippen molar-refractivity contribution in [2.75, 3.05) is 11.1 Å². The molecule has 0 bridgehead atoms. The molecule has 10 heteroatoms. The molecule has 0 aliphatic heterocycles. The summed E-state index contributed by atoms with van der Waals surface area (Å²) in [6, 6.07) is 6.01. The van der Waals surface area contributed by atoms with Gasteiger partial charge in [0.25, 0.3) is 0 Å². The van der Waals surface area contributed by atoms with Crippen LogP contribution in [0.1, 0.15) is 19.8 Å². The van der Waals surface area contributed by atoms with Crippen LogP contribution in [0, 0.1) is 5.82 Å². The molecule has 0 saturated carbocycles. The van der Waals surface area contributed by atoms with Crippen LogP contribution in [0.5, 0.6) is 0 Å². The number of hydrogen-bond donors (Lipinski definition) is 2. The average Bonchev–Trinajstić information content (AvgIpc) is 3.26. The van der Waals surface area contributed by atoms with Gasteiger partial charge in [0.2, 0.25) is 5.91 Å². The SMILES string of the molecule is CCCCn1c(SCC(=O)Nc2nc(-c3ccc(F)cc3)cs2)n[nH]c1=O. The Morgan fingerprint density at radius 2 is 2.15 bits per heavy atom. The van der Waals surface area contributed by atoms with Crippen LogP contribution >= 0.6 is 23.1 Å². The number of H-pyrrole nitrogens is 1. The number of aromatic amines is 1. The Bertz CT molecular complexity index is 964. The van der Waals surface area contributed by atoms with E-state index in [1.807, 2.05) is 6.92 Å². The van der Waals surface area contributed by atoms with Gasteiger partial charge in [0, 0.05) is 17.5 Å². The molecule has 2 heterocycles. The Balaban J connectivity index is 1.57. The maximum Gasteiger partial charge on any atom is 0.343 e. The number of hydrogen-bond acceptors (Lipinski definition) is 6. The van der Waals surface area contributed by atoms with Gasteiger partial charge >= 0.3 is 5.69 Å². The van der Waals surface area contributed by atoms with Crippen LogP contribution in [0.2, 0.25) is 0 Å². The molecule has 0 fully saturated rings. The molecule has 0 aliphatic rings. The fourth-order valence-corrected chi connectivity index (χ4v) is 3.81. The van der Waals surface area contributed by atoms with Crippen molar-refractivity contribution in [3.63, 3.8) is 0 Å². The number of amides is 1. The second-order valence-corrected chi connectivity index (χ2v) is 7.50. The van der Waals surface area contributed by atoms with Crippen molar-refractivity contribution in [1.29, 1.82) is 0 Å². The van der Waals surface area contributed by atoms with Gasteiger partial charge in [-0.2, -0.15) is 0 Å². The molecule has 0 aliphatic carbocycles. The number of aromatic nitrogens is 4. The van der Waals surface area contributed by atoms with Crippen molar-refractivity contribution in [3.8, 4) is 11.3 Å². The molecule has 7 nitrogen and oxygen atoms in total. The Morgan fingerprint density at radius 1 is 1.37 bits per heavy atom. The van der Waals surface area contributed by atoms with Crippen LogP contribution in [-0.4, -0.2) is 31.4 Å². The molecule has 0 unspecified atom stereocenters. The average molecular weight is 407 g/mol. The molecule has 1 aromatic carbocycles. The lowest BCUT2D eigenvalue weighted by Gasteiger charge is -2.04. The molecule has 142 valence electrons. The number of anilines is 1. The number of rotatable bonds is 8. The third kappa shape index (κ3) is 5.04. The quantitative estimate of drug-likeness (QED) is 0.559. The summed E-state index contributed by atoms with van der Waals surface area (Å²) in [4.78, 5) is 28.3. The van der Waals surface area contributed by atoms with E-state index in [4.69, 9.17) is 0 Å². The standard InChI is InChI=1S/C17H18FN5O2S2/c1-2-3-8-23-16(25)21-22-17(23)27-10-14(24)20-15-19-13(9-26-15)11-4-6-12(18)7-5-11/h4-7,9H,2-3,8,10H2,1H3,(H,21,25)(H,19,20,24). The highest BCUT2D eigenvalue weighted by Gasteiger charge is 2.13. The summed E-state index contributed by atoms with van der Waals surface area (Å²) >= 11 is 2.49. The fraction of sp³-hybridized carbons (Fsp3) is 0.294. The van der Waals surface area contributed by atoms with Crippen molar-refractivity contribution in [2.24, 2.45) is 0 Å². The number of carbonyl (C=O) groups is 1. The van der Waals surface area contributed by atoms with E-state index < -0.39 is 0 Å². The zero-order valence-corrected chi connectivity index (χ0v) is 16.2. The molecule has 0 saturated heterocycles. The van der Waals surface area contributed by atoms with Gasteiger partial charge in [0.15, 0.2) is 10.3 Å². The fourth-order valence-electron chi connectivity index (χ4n) is 2.30. The zero-order chi connectivity index (χ0) is 19.2. The van der Waals surface area contributed by atoms with Crippen LogP contribution in [0.4, 0.5) is 9.52 Å². The van der Waals surface area contributed by atoms with Gasteiger partial charge in [-0.3, -0.25) is 9.36 Å². The molecule has 2 N–H and O–H groups in total. The van der Waals surface area contributed by atoms with Crippen LogP contribution in [0.25, 0.3) is 11.3 Å².